The fraction of sp³-hybridized carbons (Fsp3) is 0.233. The topological polar surface area (TPSA) is 112 Å². The van der Waals surface area contributed by atoms with Gasteiger partial charge < -0.3 is 19.5 Å². The number of hydrogen-bond donors (Lipinski definition) is 2. The minimum atomic E-state index is -0.406. The molecule has 2 N–H and O–H groups in total. The molecule has 5 aromatic heterocycles. The van der Waals surface area contributed by atoms with E-state index in [1.165, 1.54) is 12.1 Å². The van der Waals surface area contributed by atoms with E-state index in [9.17, 15) is 4.39 Å². The lowest BCUT2D eigenvalue weighted by Gasteiger charge is -2.12. The Bertz CT molecular complexity index is 1840. The second-order valence-electron chi connectivity index (χ2n) is 10.5. The van der Waals surface area contributed by atoms with Crippen molar-refractivity contribution < 1.29 is 9.13 Å². The van der Waals surface area contributed by atoms with Crippen LogP contribution in [0.2, 0.25) is 0 Å². The Morgan fingerprint density at radius 1 is 0.854 bits per heavy atom. The summed E-state index contributed by atoms with van der Waals surface area (Å²) in [6, 6.07) is 12.4. The Labute approximate surface area is 236 Å². The van der Waals surface area contributed by atoms with E-state index in [1.807, 2.05) is 63.7 Å². The van der Waals surface area contributed by atoms with Gasteiger partial charge in [-0.05, 0) is 70.2 Å². The number of benzene rings is 1. The molecule has 1 aromatic carbocycles. The molecule has 0 atom stereocenters. The predicted octanol–water partition coefficient (Wildman–Crippen LogP) is 4.77. The van der Waals surface area contributed by atoms with Crippen molar-refractivity contribution >= 4 is 22.1 Å². The lowest BCUT2D eigenvalue weighted by Crippen LogP contribution is -2.19. The number of halogens is 1. The molecule has 10 nitrogen and oxygen atoms in total. The quantitative estimate of drug-likeness (QED) is 0.264. The SMILES string of the molecule is CN(C)CCOc1cc(F)cc(-c2nccc3[nH]c(-c4n[nH]c5ccc(-c6cncc(CN(C)C)c6)nc45)nc23)c1. The summed E-state index contributed by atoms with van der Waals surface area (Å²) in [5, 5.41) is 7.58. The number of fused-ring (bicyclic) bond motifs is 2. The molecule has 0 spiro atoms. The Kier molecular flexibility index (Phi) is 7.12. The van der Waals surface area contributed by atoms with Gasteiger partial charge in [-0.15, -0.1) is 0 Å². The molecule has 41 heavy (non-hydrogen) atoms. The van der Waals surface area contributed by atoms with E-state index in [1.54, 1.807) is 12.3 Å². The van der Waals surface area contributed by atoms with Crippen LogP contribution in [-0.4, -0.2) is 86.3 Å². The van der Waals surface area contributed by atoms with E-state index < -0.39 is 5.82 Å². The molecular formula is C30H30FN9O. The molecule has 0 aliphatic heterocycles. The van der Waals surface area contributed by atoms with Crippen LogP contribution in [0.1, 0.15) is 5.56 Å². The molecular weight excluding hydrogens is 521 g/mol. The van der Waals surface area contributed by atoms with E-state index in [0.29, 0.717) is 52.7 Å². The molecule has 6 aromatic rings. The number of nitrogens with one attached hydrogen (secondary N) is 2. The maximum Gasteiger partial charge on any atom is 0.161 e. The number of pyridine rings is 3. The highest BCUT2D eigenvalue weighted by Crippen LogP contribution is 2.32. The molecule has 0 saturated carbocycles. The van der Waals surface area contributed by atoms with Gasteiger partial charge in [-0.25, -0.2) is 14.4 Å². The highest BCUT2D eigenvalue weighted by molar-refractivity contribution is 5.95. The maximum atomic E-state index is 14.6. The Morgan fingerprint density at radius 3 is 2.54 bits per heavy atom. The number of H-pyrrole nitrogens is 2. The van der Waals surface area contributed by atoms with Crippen LogP contribution in [0, 0.1) is 5.82 Å². The Hall–Kier alpha value is -4.74. The van der Waals surface area contributed by atoms with Gasteiger partial charge in [0.25, 0.3) is 0 Å². The van der Waals surface area contributed by atoms with E-state index >= 15 is 0 Å². The highest BCUT2D eigenvalue weighted by atomic mass is 19.1. The summed E-state index contributed by atoms with van der Waals surface area (Å²) < 4.78 is 20.4. The monoisotopic (exact) mass is 551 g/mol. The van der Waals surface area contributed by atoms with Gasteiger partial charge in [0.2, 0.25) is 0 Å². The predicted molar refractivity (Wildman–Crippen MR) is 157 cm³/mol. The highest BCUT2D eigenvalue weighted by Gasteiger charge is 2.18. The molecule has 0 radical (unpaired) electrons. The number of aromatic nitrogens is 7. The molecule has 11 heteroatoms. The first-order chi connectivity index (χ1) is 19.8. The summed E-state index contributed by atoms with van der Waals surface area (Å²) in [7, 11) is 7.97. The number of likely N-dealkylation sites (N-methyl/N-ethyl adjacent to an activating group) is 1. The van der Waals surface area contributed by atoms with Crippen LogP contribution in [0.4, 0.5) is 4.39 Å². The van der Waals surface area contributed by atoms with Crippen molar-refractivity contribution in [2.24, 2.45) is 0 Å². The second-order valence-corrected chi connectivity index (χ2v) is 10.5. The van der Waals surface area contributed by atoms with E-state index in [4.69, 9.17) is 14.7 Å². The zero-order valence-corrected chi connectivity index (χ0v) is 23.3. The molecule has 0 amide bonds. The number of ether oxygens (including phenoxy) is 1. The van der Waals surface area contributed by atoms with Crippen molar-refractivity contribution in [1.82, 2.24) is 44.9 Å². The number of hydrogen-bond acceptors (Lipinski definition) is 8. The molecule has 0 aliphatic rings. The lowest BCUT2D eigenvalue weighted by atomic mass is 10.1. The van der Waals surface area contributed by atoms with Crippen molar-refractivity contribution in [3.63, 3.8) is 0 Å². The summed E-state index contributed by atoms with van der Waals surface area (Å²) >= 11 is 0. The smallest absolute Gasteiger partial charge is 0.161 e. The van der Waals surface area contributed by atoms with E-state index in [0.717, 1.165) is 34.4 Å². The summed E-state index contributed by atoms with van der Waals surface area (Å²) in [6.45, 7) is 1.94. The van der Waals surface area contributed by atoms with E-state index in [2.05, 4.69) is 36.1 Å². The first-order valence-electron chi connectivity index (χ1n) is 13.2. The van der Waals surface area contributed by atoms with Gasteiger partial charge in [0.1, 0.15) is 29.2 Å². The maximum absolute atomic E-state index is 14.6. The summed E-state index contributed by atoms with van der Waals surface area (Å²) in [4.78, 5) is 26.2. The van der Waals surface area contributed by atoms with Crippen LogP contribution in [0.15, 0.2) is 61.1 Å². The second kappa shape index (κ2) is 11.0. The Balaban J connectivity index is 1.37. The van der Waals surface area contributed by atoms with Crippen LogP contribution in [-0.2, 0) is 6.54 Å². The number of aromatic amines is 2. The number of nitrogens with zero attached hydrogens (tertiary/aromatic N) is 7. The van der Waals surface area contributed by atoms with Gasteiger partial charge in [0.05, 0.1) is 22.4 Å². The van der Waals surface area contributed by atoms with Crippen LogP contribution < -0.4 is 4.74 Å². The zero-order valence-electron chi connectivity index (χ0n) is 23.3. The first kappa shape index (κ1) is 26.5. The summed E-state index contributed by atoms with van der Waals surface area (Å²) in [6.07, 6.45) is 5.34. The third-order valence-electron chi connectivity index (χ3n) is 6.57. The van der Waals surface area contributed by atoms with Crippen LogP contribution in [0.25, 0.3) is 56.1 Å². The van der Waals surface area contributed by atoms with Crippen molar-refractivity contribution in [1.29, 1.82) is 0 Å². The Morgan fingerprint density at radius 2 is 1.71 bits per heavy atom. The first-order valence-corrected chi connectivity index (χ1v) is 13.2. The average molecular weight is 552 g/mol. The lowest BCUT2D eigenvalue weighted by molar-refractivity contribution is 0.260. The largest absolute Gasteiger partial charge is 0.492 e. The molecule has 0 bridgehead atoms. The summed E-state index contributed by atoms with van der Waals surface area (Å²) in [5.41, 5.74) is 7.30. The molecule has 5 heterocycles. The fourth-order valence-corrected chi connectivity index (χ4v) is 4.69. The minimum absolute atomic E-state index is 0.406. The molecule has 0 fully saturated rings. The van der Waals surface area contributed by atoms with Crippen LogP contribution in [0.5, 0.6) is 5.75 Å². The standard InChI is InChI=1S/C30H30FN9O/c1-39(2)9-10-41-22-13-19(12-21(31)14-22)26-27-24(7-8-33-26)35-30(36-27)29-28-25(37-38-29)6-5-23(34-28)20-11-18(15-32-16-20)17-40(3)4/h5-8,11-16H,9-10,17H2,1-4H3,(H,35,36)(H,37,38). The third kappa shape index (κ3) is 5.63. The van der Waals surface area contributed by atoms with Crippen molar-refractivity contribution in [3.8, 4) is 39.8 Å². The molecule has 0 unspecified atom stereocenters. The van der Waals surface area contributed by atoms with Gasteiger partial charge in [-0.2, -0.15) is 5.10 Å². The normalized spacial score (nSPS) is 11.8. The van der Waals surface area contributed by atoms with Gasteiger partial charge in [0, 0.05) is 48.9 Å². The van der Waals surface area contributed by atoms with Gasteiger partial charge in [-0.1, -0.05) is 0 Å². The van der Waals surface area contributed by atoms with Gasteiger partial charge >= 0.3 is 0 Å². The zero-order chi connectivity index (χ0) is 28.5. The van der Waals surface area contributed by atoms with Gasteiger partial charge in [0.15, 0.2) is 11.5 Å². The fourth-order valence-electron chi connectivity index (χ4n) is 4.69. The van der Waals surface area contributed by atoms with Crippen LogP contribution >= 0.6 is 0 Å². The van der Waals surface area contributed by atoms with Crippen molar-refractivity contribution in [2.45, 2.75) is 6.54 Å². The summed E-state index contributed by atoms with van der Waals surface area (Å²) in [5.74, 6) is 0.565. The van der Waals surface area contributed by atoms with Crippen molar-refractivity contribution in [2.75, 3.05) is 41.3 Å². The minimum Gasteiger partial charge on any atom is -0.492 e. The van der Waals surface area contributed by atoms with Crippen LogP contribution in [0.3, 0.4) is 0 Å². The molecule has 208 valence electrons. The molecule has 0 aliphatic carbocycles. The average Bonchev–Trinajstić information content (AvgIpc) is 3.56. The van der Waals surface area contributed by atoms with E-state index in [-0.39, 0.29) is 0 Å². The van der Waals surface area contributed by atoms with Crippen molar-refractivity contribution in [3.05, 3.63) is 72.4 Å². The molecule has 0 saturated heterocycles. The number of rotatable bonds is 9. The number of imidazole rings is 1. The third-order valence-corrected chi connectivity index (χ3v) is 6.57. The van der Waals surface area contributed by atoms with Gasteiger partial charge in [-0.3, -0.25) is 15.1 Å². The molecule has 6 rings (SSSR count).